The molecule has 2 aliphatic rings. The number of hydrogen-bond acceptors (Lipinski definition) is 4. The van der Waals surface area contributed by atoms with Gasteiger partial charge in [0, 0.05) is 50.0 Å². The smallest absolute Gasteiger partial charge is 0.0792 e. The van der Waals surface area contributed by atoms with E-state index in [1.165, 1.54) is 62.9 Å². The third kappa shape index (κ3) is 4.28. The van der Waals surface area contributed by atoms with Crippen LogP contribution in [0.3, 0.4) is 0 Å². The molecule has 150 valence electrons. The van der Waals surface area contributed by atoms with Gasteiger partial charge in [0.25, 0.3) is 0 Å². The first kappa shape index (κ1) is 19.5. The van der Waals surface area contributed by atoms with Crippen molar-refractivity contribution < 1.29 is 0 Å². The average molecular weight is 379 g/mol. The largest absolute Gasteiger partial charge is 0.306 e. The van der Waals surface area contributed by atoms with E-state index in [-0.39, 0.29) is 0 Å². The molecule has 0 radical (unpaired) electrons. The van der Waals surface area contributed by atoms with Crippen LogP contribution in [0.4, 0.5) is 0 Å². The maximum absolute atomic E-state index is 4.68. The van der Waals surface area contributed by atoms with Gasteiger partial charge in [-0.1, -0.05) is 25.1 Å². The van der Waals surface area contributed by atoms with Gasteiger partial charge in [-0.25, -0.2) is 0 Å². The van der Waals surface area contributed by atoms with Crippen molar-refractivity contribution in [3.05, 3.63) is 41.6 Å². The van der Waals surface area contributed by atoms with Gasteiger partial charge < -0.3 is 9.80 Å². The number of piperidine rings is 2. The Balaban J connectivity index is 1.56. The quantitative estimate of drug-likeness (QED) is 0.752. The minimum Gasteiger partial charge on any atom is -0.306 e. The van der Waals surface area contributed by atoms with Crippen LogP contribution in [0.5, 0.6) is 0 Å². The fraction of sp³-hybridized carbons (Fsp3) is 0.583. The molecular formula is C24H34N4. The molecule has 4 nitrogen and oxygen atoms in total. The molecule has 2 fully saturated rings. The van der Waals surface area contributed by atoms with E-state index >= 15 is 0 Å². The predicted molar refractivity (Wildman–Crippen MR) is 118 cm³/mol. The van der Waals surface area contributed by atoms with Gasteiger partial charge in [0.1, 0.15) is 0 Å². The van der Waals surface area contributed by atoms with Gasteiger partial charge in [0.15, 0.2) is 0 Å². The van der Waals surface area contributed by atoms with Gasteiger partial charge >= 0.3 is 0 Å². The highest BCUT2D eigenvalue weighted by Crippen LogP contribution is 2.35. The highest BCUT2D eigenvalue weighted by atomic mass is 15.1. The van der Waals surface area contributed by atoms with Gasteiger partial charge in [0.2, 0.25) is 0 Å². The van der Waals surface area contributed by atoms with E-state index in [2.05, 4.69) is 58.0 Å². The summed E-state index contributed by atoms with van der Waals surface area (Å²) in [7, 11) is 4.08. The van der Waals surface area contributed by atoms with Crippen LogP contribution >= 0.6 is 0 Å². The molecule has 2 aromatic rings. The van der Waals surface area contributed by atoms with Crippen LogP contribution in [0.2, 0.25) is 0 Å². The van der Waals surface area contributed by atoms with Crippen molar-refractivity contribution in [2.45, 2.75) is 32.1 Å². The highest BCUT2D eigenvalue weighted by Gasteiger charge is 2.29. The standard InChI is InChI=1S/C24H34N4/c1-18-13-21(17-28(15-18)16-19-8-11-27(3)12-9-19)22-7-6-20(14-25-2)24-23(22)5-4-10-26-24/h4-7,10,14,18-19,21H,8-9,11-13,15-17H2,1-3H3/b25-14-. The molecule has 0 amide bonds. The van der Waals surface area contributed by atoms with Crippen molar-refractivity contribution in [2.24, 2.45) is 16.8 Å². The lowest BCUT2D eigenvalue weighted by Gasteiger charge is -2.40. The lowest BCUT2D eigenvalue weighted by Crippen LogP contribution is -2.43. The summed E-state index contributed by atoms with van der Waals surface area (Å²) >= 11 is 0. The molecule has 3 heterocycles. The molecule has 2 saturated heterocycles. The third-order valence-corrected chi connectivity index (χ3v) is 6.63. The van der Waals surface area contributed by atoms with Crippen molar-refractivity contribution in [2.75, 3.05) is 46.8 Å². The minimum absolute atomic E-state index is 0.592. The van der Waals surface area contributed by atoms with Gasteiger partial charge in [-0.15, -0.1) is 0 Å². The first-order chi connectivity index (χ1) is 13.6. The third-order valence-electron chi connectivity index (χ3n) is 6.63. The maximum atomic E-state index is 4.68. The van der Waals surface area contributed by atoms with Crippen LogP contribution in [-0.2, 0) is 0 Å². The summed E-state index contributed by atoms with van der Waals surface area (Å²) in [6, 6.07) is 8.85. The van der Waals surface area contributed by atoms with E-state index in [0.717, 1.165) is 22.9 Å². The molecule has 0 spiro atoms. The fourth-order valence-electron chi connectivity index (χ4n) is 5.26. The molecule has 2 atom stereocenters. The molecule has 0 saturated carbocycles. The number of fused-ring (bicyclic) bond motifs is 1. The predicted octanol–water partition coefficient (Wildman–Crippen LogP) is 4.05. The zero-order chi connectivity index (χ0) is 19.5. The summed E-state index contributed by atoms with van der Waals surface area (Å²) in [4.78, 5) is 14.1. The maximum Gasteiger partial charge on any atom is 0.0792 e. The Bertz CT molecular complexity index is 822. The zero-order valence-electron chi connectivity index (χ0n) is 17.6. The van der Waals surface area contributed by atoms with Crippen molar-refractivity contribution in [1.82, 2.24) is 14.8 Å². The molecule has 28 heavy (non-hydrogen) atoms. The van der Waals surface area contributed by atoms with Crippen LogP contribution in [0.1, 0.15) is 43.2 Å². The second-order valence-electron chi connectivity index (χ2n) is 9.03. The van der Waals surface area contributed by atoms with E-state index in [9.17, 15) is 0 Å². The van der Waals surface area contributed by atoms with E-state index in [4.69, 9.17) is 0 Å². The molecule has 4 heteroatoms. The van der Waals surface area contributed by atoms with Crippen LogP contribution < -0.4 is 0 Å². The first-order valence-corrected chi connectivity index (χ1v) is 10.8. The second-order valence-corrected chi connectivity index (χ2v) is 9.03. The number of rotatable bonds is 4. The Kier molecular flexibility index (Phi) is 6.07. The number of nitrogens with zero attached hydrogens (tertiary/aromatic N) is 4. The molecule has 4 rings (SSSR count). The van der Waals surface area contributed by atoms with Gasteiger partial charge in [-0.05, 0) is 68.8 Å². The number of aliphatic imine (C=N–C) groups is 1. The van der Waals surface area contributed by atoms with Gasteiger partial charge in [-0.3, -0.25) is 9.98 Å². The van der Waals surface area contributed by atoms with Gasteiger partial charge in [-0.2, -0.15) is 0 Å². The summed E-state index contributed by atoms with van der Waals surface area (Å²) in [5.41, 5.74) is 3.68. The number of likely N-dealkylation sites (tertiary alicyclic amines) is 2. The topological polar surface area (TPSA) is 31.7 Å². The summed E-state index contributed by atoms with van der Waals surface area (Å²) in [5.74, 6) is 2.20. The number of benzene rings is 1. The van der Waals surface area contributed by atoms with Crippen LogP contribution in [0, 0.1) is 11.8 Å². The Labute approximate surface area is 169 Å². The summed E-state index contributed by atoms with van der Waals surface area (Å²) in [6.07, 6.45) is 7.80. The second kappa shape index (κ2) is 8.71. The Morgan fingerprint density at radius 1 is 1.18 bits per heavy atom. The zero-order valence-corrected chi connectivity index (χ0v) is 17.6. The highest BCUT2D eigenvalue weighted by molar-refractivity contribution is 5.98. The van der Waals surface area contributed by atoms with Crippen molar-refractivity contribution in [3.8, 4) is 0 Å². The Morgan fingerprint density at radius 3 is 2.79 bits per heavy atom. The summed E-state index contributed by atoms with van der Waals surface area (Å²) in [6.45, 7) is 8.64. The fourth-order valence-corrected chi connectivity index (χ4v) is 5.26. The van der Waals surface area contributed by atoms with E-state index < -0.39 is 0 Å². The molecular weight excluding hydrogens is 344 g/mol. The van der Waals surface area contributed by atoms with Gasteiger partial charge in [0.05, 0.1) is 5.52 Å². The SMILES string of the molecule is C/N=C\c1ccc(C2CC(C)CN(CC3CCN(C)CC3)C2)c2cccnc12. The monoisotopic (exact) mass is 378 g/mol. The molecule has 0 bridgehead atoms. The normalized spacial score (nSPS) is 25.7. The minimum atomic E-state index is 0.592. The average Bonchev–Trinajstić information content (AvgIpc) is 2.70. The number of pyridine rings is 1. The van der Waals surface area contributed by atoms with Crippen LogP contribution in [0.25, 0.3) is 10.9 Å². The Hall–Kier alpha value is -1.78. The van der Waals surface area contributed by atoms with Crippen molar-refractivity contribution in [3.63, 3.8) is 0 Å². The van der Waals surface area contributed by atoms with Crippen LogP contribution in [0.15, 0.2) is 35.5 Å². The first-order valence-electron chi connectivity index (χ1n) is 10.8. The van der Waals surface area contributed by atoms with Crippen LogP contribution in [-0.4, -0.2) is 67.8 Å². The van der Waals surface area contributed by atoms with Crippen molar-refractivity contribution in [1.29, 1.82) is 0 Å². The number of hydrogen-bond donors (Lipinski definition) is 0. The van der Waals surface area contributed by atoms with E-state index in [1.54, 1.807) is 0 Å². The molecule has 1 aromatic carbocycles. The lowest BCUT2D eigenvalue weighted by molar-refractivity contribution is 0.114. The van der Waals surface area contributed by atoms with E-state index in [1.807, 2.05) is 19.5 Å². The summed E-state index contributed by atoms with van der Waals surface area (Å²) in [5, 5.41) is 1.30. The van der Waals surface area contributed by atoms with Crippen molar-refractivity contribution >= 4 is 17.1 Å². The molecule has 2 unspecified atom stereocenters. The molecule has 2 aliphatic heterocycles. The molecule has 1 aromatic heterocycles. The van der Waals surface area contributed by atoms with E-state index in [0.29, 0.717) is 5.92 Å². The summed E-state index contributed by atoms with van der Waals surface area (Å²) < 4.78 is 0. The lowest BCUT2D eigenvalue weighted by atomic mass is 9.82. The Morgan fingerprint density at radius 2 is 2.00 bits per heavy atom. The molecule has 0 N–H and O–H groups in total. The number of aromatic nitrogens is 1. The molecule has 0 aliphatic carbocycles.